The van der Waals surface area contributed by atoms with E-state index in [2.05, 4.69) is 0 Å². The summed E-state index contributed by atoms with van der Waals surface area (Å²) in [5.41, 5.74) is 1.05. The van der Waals surface area contributed by atoms with Crippen LogP contribution in [0.5, 0.6) is 0 Å². The van der Waals surface area contributed by atoms with Gasteiger partial charge in [0.05, 0.1) is 23.8 Å². The second-order valence-corrected chi connectivity index (χ2v) is 7.33. The Bertz CT molecular complexity index is 747. The molecule has 1 aromatic rings. The fourth-order valence-electron chi connectivity index (χ4n) is 2.83. The topological polar surface area (TPSA) is 66.9 Å². The van der Waals surface area contributed by atoms with Crippen LogP contribution in [0.4, 0.5) is 0 Å². The molecule has 3 rings (SSSR count). The lowest BCUT2D eigenvalue weighted by atomic mass is 10.1. The zero-order chi connectivity index (χ0) is 15.9. The molecule has 1 saturated heterocycles. The second kappa shape index (κ2) is 5.40. The Kier molecular flexibility index (Phi) is 3.70. The quantitative estimate of drug-likeness (QED) is 0.796. The monoisotopic (exact) mass is 322 g/mol. The molecule has 1 fully saturated rings. The lowest BCUT2D eigenvalue weighted by Gasteiger charge is -2.28. The predicted molar refractivity (Wildman–Crippen MR) is 81.6 cm³/mol. The van der Waals surface area contributed by atoms with Crippen LogP contribution >= 0.6 is 0 Å². The van der Waals surface area contributed by atoms with Crippen LogP contribution in [0.3, 0.4) is 0 Å². The number of carbonyl (C=O) groups is 1. The number of ether oxygens (including phenoxy) is 1. The van der Waals surface area contributed by atoms with Crippen LogP contribution in [0.1, 0.15) is 5.56 Å². The molecule has 7 heteroatoms. The summed E-state index contributed by atoms with van der Waals surface area (Å²) in [6.07, 6.45) is 0. The normalized spacial score (nSPS) is 20.0. The third kappa shape index (κ3) is 2.21. The standard InChI is InChI=1S/C15H18N2O4S/c1-16(2)13-11-5-3-4-6-12(11)22(19,20)14(13)15(18)17-7-9-21-10-8-17/h3-6H,7-10H2,1-2H3. The number of hydrogen-bond donors (Lipinski definition) is 0. The third-order valence-electron chi connectivity index (χ3n) is 3.86. The van der Waals surface area contributed by atoms with Crippen LogP contribution in [0.2, 0.25) is 0 Å². The summed E-state index contributed by atoms with van der Waals surface area (Å²) in [7, 11) is -0.284. The molecule has 6 nitrogen and oxygen atoms in total. The molecule has 0 atom stereocenters. The van der Waals surface area contributed by atoms with Crippen LogP contribution in [0, 0.1) is 0 Å². The van der Waals surface area contributed by atoms with Crippen molar-refractivity contribution in [1.29, 1.82) is 0 Å². The van der Waals surface area contributed by atoms with Gasteiger partial charge in [-0.05, 0) is 6.07 Å². The number of rotatable bonds is 2. The van der Waals surface area contributed by atoms with Gasteiger partial charge in [0.2, 0.25) is 9.84 Å². The van der Waals surface area contributed by atoms with Crippen molar-refractivity contribution in [3.8, 4) is 0 Å². The first kappa shape index (κ1) is 15.1. The van der Waals surface area contributed by atoms with E-state index in [1.54, 1.807) is 48.2 Å². The van der Waals surface area contributed by atoms with Gasteiger partial charge in [0.1, 0.15) is 0 Å². The molecule has 118 valence electrons. The summed E-state index contributed by atoms with van der Waals surface area (Å²) >= 11 is 0. The van der Waals surface area contributed by atoms with E-state index in [0.29, 0.717) is 37.6 Å². The number of carbonyl (C=O) groups excluding carboxylic acids is 1. The predicted octanol–water partition coefficient (Wildman–Crippen LogP) is 0.563. The summed E-state index contributed by atoms with van der Waals surface area (Å²) in [6, 6.07) is 6.74. The van der Waals surface area contributed by atoms with Gasteiger partial charge in [-0.1, -0.05) is 18.2 Å². The van der Waals surface area contributed by atoms with Gasteiger partial charge >= 0.3 is 0 Å². The second-order valence-electron chi connectivity index (χ2n) is 5.48. The number of fused-ring (bicyclic) bond motifs is 1. The maximum absolute atomic E-state index is 12.8. The lowest BCUT2D eigenvalue weighted by Crippen LogP contribution is -2.42. The zero-order valence-corrected chi connectivity index (χ0v) is 13.4. The van der Waals surface area contributed by atoms with E-state index in [1.807, 2.05) is 0 Å². The van der Waals surface area contributed by atoms with Crippen molar-refractivity contribution in [3.63, 3.8) is 0 Å². The number of amides is 1. The average Bonchev–Trinajstić information content (AvgIpc) is 2.76. The van der Waals surface area contributed by atoms with Gasteiger partial charge in [-0.15, -0.1) is 0 Å². The van der Waals surface area contributed by atoms with Crippen molar-refractivity contribution < 1.29 is 17.9 Å². The highest BCUT2D eigenvalue weighted by Gasteiger charge is 2.42. The maximum Gasteiger partial charge on any atom is 0.268 e. The van der Waals surface area contributed by atoms with Crippen LogP contribution in [0.15, 0.2) is 34.1 Å². The smallest absolute Gasteiger partial charge is 0.268 e. The molecule has 0 aliphatic carbocycles. The molecule has 1 aromatic carbocycles. The highest BCUT2D eigenvalue weighted by atomic mass is 32.2. The van der Waals surface area contributed by atoms with Crippen LogP contribution in [-0.2, 0) is 19.4 Å². The Balaban J connectivity index is 2.15. The van der Waals surface area contributed by atoms with E-state index in [9.17, 15) is 13.2 Å². The van der Waals surface area contributed by atoms with Crippen LogP contribution in [0.25, 0.3) is 5.70 Å². The molecule has 0 radical (unpaired) electrons. The number of nitrogens with zero attached hydrogens (tertiary/aromatic N) is 2. The van der Waals surface area contributed by atoms with Crippen molar-refractivity contribution in [1.82, 2.24) is 9.80 Å². The minimum absolute atomic E-state index is 0.124. The van der Waals surface area contributed by atoms with Gasteiger partial charge in [0.25, 0.3) is 5.91 Å². The Morgan fingerprint density at radius 3 is 2.45 bits per heavy atom. The van der Waals surface area contributed by atoms with Crippen molar-refractivity contribution in [2.45, 2.75) is 4.90 Å². The molecule has 2 aliphatic heterocycles. The molecule has 2 aliphatic rings. The van der Waals surface area contributed by atoms with Gasteiger partial charge in [0, 0.05) is 32.7 Å². The molecule has 2 heterocycles. The summed E-state index contributed by atoms with van der Waals surface area (Å²) in [5.74, 6) is -0.441. The van der Waals surface area contributed by atoms with E-state index >= 15 is 0 Å². The SMILES string of the molecule is CN(C)C1=C(C(=O)N2CCOCC2)S(=O)(=O)c2ccccc21. The number of sulfone groups is 1. The summed E-state index contributed by atoms with van der Waals surface area (Å²) < 4.78 is 30.9. The number of benzene rings is 1. The molecule has 0 saturated carbocycles. The van der Waals surface area contributed by atoms with Gasteiger partial charge in [-0.2, -0.15) is 0 Å². The molecule has 22 heavy (non-hydrogen) atoms. The lowest BCUT2D eigenvalue weighted by molar-refractivity contribution is -0.130. The van der Waals surface area contributed by atoms with Crippen molar-refractivity contribution >= 4 is 21.4 Å². The van der Waals surface area contributed by atoms with Crippen LogP contribution in [-0.4, -0.2) is 64.5 Å². The number of hydrogen-bond acceptors (Lipinski definition) is 5. The third-order valence-corrected chi connectivity index (χ3v) is 5.70. The summed E-state index contributed by atoms with van der Waals surface area (Å²) in [4.78, 5) is 16.1. The Labute approximate surface area is 129 Å². The molecule has 0 spiro atoms. The molecular weight excluding hydrogens is 304 g/mol. The molecule has 0 N–H and O–H groups in total. The van der Waals surface area contributed by atoms with Crippen molar-refractivity contribution in [3.05, 3.63) is 34.7 Å². The molecule has 0 unspecified atom stereocenters. The fourth-order valence-corrected chi connectivity index (χ4v) is 4.66. The first-order valence-corrected chi connectivity index (χ1v) is 8.56. The minimum Gasteiger partial charge on any atom is -0.378 e. The van der Waals surface area contributed by atoms with Crippen molar-refractivity contribution in [2.75, 3.05) is 40.4 Å². The van der Waals surface area contributed by atoms with Gasteiger partial charge in [-0.25, -0.2) is 8.42 Å². The molecule has 1 amide bonds. The summed E-state index contributed by atoms with van der Waals surface area (Å²) in [5, 5.41) is 0. The van der Waals surface area contributed by atoms with E-state index in [1.165, 1.54) is 0 Å². The highest BCUT2D eigenvalue weighted by molar-refractivity contribution is 7.97. The molecule has 0 aromatic heterocycles. The van der Waals surface area contributed by atoms with Gasteiger partial charge in [-0.3, -0.25) is 4.79 Å². The first-order valence-electron chi connectivity index (χ1n) is 7.07. The van der Waals surface area contributed by atoms with E-state index in [-0.39, 0.29) is 9.80 Å². The molecule has 0 bridgehead atoms. The Hall–Kier alpha value is -1.86. The average molecular weight is 322 g/mol. The van der Waals surface area contributed by atoms with Gasteiger partial charge < -0.3 is 14.5 Å². The highest BCUT2D eigenvalue weighted by Crippen LogP contribution is 2.40. The van der Waals surface area contributed by atoms with E-state index < -0.39 is 15.7 Å². The van der Waals surface area contributed by atoms with E-state index in [4.69, 9.17) is 4.74 Å². The van der Waals surface area contributed by atoms with Crippen LogP contribution < -0.4 is 0 Å². The first-order chi connectivity index (χ1) is 10.4. The minimum atomic E-state index is -3.78. The largest absolute Gasteiger partial charge is 0.378 e. The van der Waals surface area contributed by atoms with E-state index in [0.717, 1.165) is 0 Å². The van der Waals surface area contributed by atoms with Gasteiger partial charge in [0.15, 0.2) is 4.91 Å². The maximum atomic E-state index is 12.8. The Morgan fingerprint density at radius 2 is 1.82 bits per heavy atom. The summed E-state index contributed by atoms with van der Waals surface area (Å²) in [6.45, 7) is 1.69. The van der Waals surface area contributed by atoms with Crippen molar-refractivity contribution in [2.24, 2.45) is 0 Å². The number of morpholine rings is 1. The molecular formula is C15H18N2O4S. The zero-order valence-electron chi connectivity index (χ0n) is 12.6. The fraction of sp³-hybridized carbons (Fsp3) is 0.400. The Morgan fingerprint density at radius 1 is 1.18 bits per heavy atom.